The Kier molecular flexibility index (Phi) is 6.20. The molecule has 140 valence electrons. The Hall–Kier alpha value is -2.72. The van der Waals surface area contributed by atoms with E-state index in [0.717, 1.165) is 22.4 Å². The smallest absolute Gasteiger partial charge is 0.374 e. The summed E-state index contributed by atoms with van der Waals surface area (Å²) >= 11 is 6.17. The molecule has 0 radical (unpaired) electrons. The zero-order valence-corrected chi connectivity index (χ0v) is 16.1. The van der Waals surface area contributed by atoms with E-state index in [1.54, 1.807) is 13.0 Å². The third-order valence-electron chi connectivity index (χ3n) is 4.05. The molecule has 0 aliphatic heterocycles. The predicted molar refractivity (Wildman–Crippen MR) is 104 cm³/mol. The van der Waals surface area contributed by atoms with E-state index in [9.17, 15) is 4.79 Å². The molecule has 4 nitrogen and oxygen atoms in total. The number of aryl methyl sites for hydroxylation is 1. The average Bonchev–Trinajstić information content (AvgIpc) is 3.02. The molecule has 0 aliphatic carbocycles. The molecule has 1 heterocycles. The van der Waals surface area contributed by atoms with Crippen molar-refractivity contribution in [3.05, 3.63) is 87.8 Å². The Morgan fingerprint density at radius 2 is 1.89 bits per heavy atom. The van der Waals surface area contributed by atoms with Crippen molar-refractivity contribution in [3.8, 4) is 5.75 Å². The lowest BCUT2D eigenvalue weighted by Crippen LogP contribution is -2.04. The summed E-state index contributed by atoms with van der Waals surface area (Å²) in [5.74, 6) is 1.17. The summed E-state index contributed by atoms with van der Waals surface area (Å²) in [7, 11) is 0. The summed E-state index contributed by atoms with van der Waals surface area (Å²) in [5, 5.41) is 0.617. The highest BCUT2D eigenvalue weighted by Crippen LogP contribution is 2.28. The summed E-state index contributed by atoms with van der Waals surface area (Å²) in [6, 6.07) is 17.3. The van der Waals surface area contributed by atoms with Gasteiger partial charge in [0, 0.05) is 22.6 Å². The molecule has 0 saturated heterocycles. The standard InChI is InChI=1S/C22H21ClO4/c1-3-25-22(24)21-15(2)11-19(27-21)13-17-12-18(23)9-10-20(17)26-14-16-7-5-4-6-8-16/h4-12H,3,13-14H2,1-2H3. The van der Waals surface area contributed by atoms with Gasteiger partial charge in [-0.15, -0.1) is 0 Å². The topological polar surface area (TPSA) is 48.7 Å². The fraction of sp³-hybridized carbons (Fsp3) is 0.227. The highest BCUT2D eigenvalue weighted by atomic mass is 35.5. The summed E-state index contributed by atoms with van der Waals surface area (Å²) in [6.45, 7) is 4.35. The monoisotopic (exact) mass is 384 g/mol. The Morgan fingerprint density at radius 3 is 2.63 bits per heavy atom. The van der Waals surface area contributed by atoms with Crippen molar-refractivity contribution in [2.75, 3.05) is 6.61 Å². The molecular weight excluding hydrogens is 364 g/mol. The van der Waals surface area contributed by atoms with E-state index in [4.69, 9.17) is 25.5 Å². The Labute approximate surface area is 163 Å². The number of hydrogen-bond donors (Lipinski definition) is 0. The Morgan fingerprint density at radius 1 is 1.11 bits per heavy atom. The van der Waals surface area contributed by atoms with Gasteiger partial charge in [0.05, 0.1) is 6.61 Å². The van der Waals surface area contributed by atoms with E-state index < -0.39 is 5.97 Å². The number of benzene rings is 2. The van der Waals surface area contributed by atoms with Crippen molar-refractivity contribution in [2.45, 2.75) is 26.9 Å². The second kappa shape index (κ2) is 8.78. The van der Waals surface area contributed by atoms with Crippen molar-refractivity contribution in [1.82, 2.24) is 0 Å². The number of esters is 1. The minimum absolute atomic E-state index is 0.237. The fourth-order valence-electron chi connectivity index (χ4n) is 2.78. The maximum absolute atomic E-state index is 11.9. The summed E-state index contributed by atoms with van der Waals surface area (Å²) < 4.78 is 16.7. The lowest BCUT2D eigenvalue weighted by molar-refractivity contribution is 0.0487. The van der Waals surface area contributed by atoms with Gasteiger partial charge in [-0.3, -0.25) is 0 Å². The first-order valence-corrected chi connectivity index (χ1v) is 9.16. The third kappa shape index (κ3) is 4.92. The first-order chi connectivity index (χ1) is 13.1. The zero-order valence-electron chi connectivity index (χ0n) is 15.3. The maximum atomic E-state index is 11.9. The van der Waals surface area contributed by atoms with Crippen LogP contribution in [0.3, 0.4) is 0 Å². The van der Waals surface area contributed by atoms with Crippen LogP contribution >= 0.6 is 11.6 Å². The van der Waals surface area contributed by atoms with Crippen molar-refractivity contribution < 1.29 is 18.7 Å². The third-order valence-corrected chi connectivity index (χ3v) is 4.29. The van der Waals surface area contributed by atoms with Crippen LogP contribution in [0, 0.1) is 6.92 Å². The molecule has 1 aromatic heterocycles. The van der Waals surface area contributed by atoms with Crippen LogP contribution in [0.4, 0.5) is 0 Å². The van der Waals surface area contributed by atoms with Crippen LogP contribution in [-0.4, -0.2) is 12.6 Å². The number of carbonyl (C=O) groups excluding carboxylic acids is 1. The first-order valence-electron chi connectivity index (χ1n) is 8.78. The molecule has 0 fully saturated rings. The Balaban J connectivity index is 1.79. The summed E-state index contributed by atoms with van der Waals surface area (Å²) in [6.07, 6.45) is 0.463. The van der Waals surface area contributed by atoms with Crippen LogP contribution in [0.5, 0.6) is 5.75 Å². The van der Waals surface area contributed by atoms with E-state index in [2.05, 4.69) is 0 Å². The minimum Gasteiger partial charge on any atom is -0.489 e. The van der Waals surface area contributed by atoms with E-state index in [0.29, 0.717) is 30.4 Å². The molecule has 5 heteroatoms. The van der Waals surface area contributed by atoms with Gasteiger partial charge in [0.25, 0.3) is 0 Å². The number of halogens is 1. The lowest BCUT2D eigenvalue weighted by Gasteiger charge is -2.11. The van der Waals surface area contributed by atoms with Gasteiger partial charge in [-0.25, -0.2) is 4.79 Å². The van der Waals surface area contributed by atoms with Crippen LogP contribution in [0.2, 0.25) is 5.02 Å². The van der Waals surface area contributed by atoms with Gasteiger partial charge in [0.15, 0.2) is 0 Å². The summed E-state index contributed by atoms with van der Waals surface area (Å²) in [4.78, 5) is 11.9. The summed E-state index contributed by atoms with van der Waals surface area (Å²) in [5.41, 5.74) is 2.72. The van der Waals surface area contributed by atoms with Crippen LogP contribution in [0.25, 0.3) is 0 Å². The van der Waals surface area contributed by atoms with Crippen LogP contribution < -0.4 is 4.74 Å². The molecular formula is C22H21ClO4. The normalized spacial score (nSPS) is 10.6. The molecule has 0 saturated carbocycles. The molecule has 2 aromatic carbocycles. The number of rotatable bonds is 7. The molecule has 0 spiro atoms. The van der Waals surface area contributed by atoms with Crippen LogP contribution in [-0.2, 0) is 17.8 Å². The first kappa shape index (κ1) is 19.1. The lowest BCUT2D eigenvalue weighted by atomic mass is 10.1. The maximum Gasteiger partial charge on any atom is 0.374 e. The van der Waals surface area contributed by atoms with Gasteiger partial charge in [0.2, 0.25) is 5.76 Å². The largest absolute Gasteiger partial charge is 0.489 e. The van der Waals surface area contributed by atoms with Crippen molar-refractivity contribution in [2.24, 2.45) is 0 Å². The molecule has 0 amide bonds. The van der Waals surface area contributed by atoms with Crippen LogP contribution in [0.1, 0.15) is 39.9 Å². The zero-order chi connectivity index (χ0) is 19.2. The molecule has 0 bridgehead atoms. The SMILES string of the molecule is CCOC(=O)c1oc(Cc2cc(Cl)ccc2OCc2ccccc2)cc1C. The molecule has 27 heavy (non-hydrogen) atoms. The highest BCUT2D eigenvalue weighted by Gasteiger charge is 2.18. The second-order valence-corrected chi connectivity index (χ2v) is 6.58. The van der Waals surface area contributed by atoms with Gasteiger partial charge in [-0.1, -0.05) is 41.9 Å². The number of ether oxygens (including phenoxy) is 2. The number of hydrogen-bond acceptors (Lipinski definition) is 4. The number of furan rings is 1. The van der Waals surface area contributed by atoms with E-state index in [-0.39, 0.29) is 5.76 Å². The molecule has 3 aromatic rings. The van der Waals surface area contributed by atoms with Crippen LogP contribution in [0.15, 0.2) is 59.0 Å². The molecule has 0 atom stereocenters. The van der Waals surface area contributed by atoms with Gasteiger partial charge in [-0.2, -0.15) is 0 Å². The molecule has 3 rings (SSSR count). The van der Waals surface area contributed by atoms with E-state index >= 15 is 0 Å². The van der Waals surface area contributed by atoms with E-state index in [1.807, 2.05) is 55.5 Å². The Bertz CT molecular complexity index is 915. The van der Waals surface area contributed by atoms with Gasteiger partial charge < -0.3 is 13.9 Å². The van der Waals surface area contributed by atoms with E-state index in [1.165, 1.54) is 0 Å². The van der Waals surface area contributed by atoms with Gasteiger partial charge >= 0.3 is 5.97 Å². The van der Waals surface area contributed by atoms with Gasteiger partial charge in [0.1, 0.15) is 18.1 Å². The predicted octanol–water partition coefficient (Wildman–Crippen LogP) is 5.59. The fourth-order valence-corrected chi connectivity index (χ4v) is 2.98. The second-order valence-electron chi connectivity index (χ2n) is 6.15. The number of carbonyl (C=O) groups is 1. The van der Waals surface area contributed by atoms with Crippen molar-refractivity contribution in [1.29, 1.82) is 0 Å². The average molecular weight is 385 g/mol. The molecule has 0 N–H and O–H groups in total. The quantitative estimate of drug-likeness (QED) is 0.498. The molecule has 0 aliphatic rings. The highest BCUT2D eigenvalue weighted by molar-refractivity contribution is 6.30. The minimum atomic E-state index is -0.451. The molecule has 0 unspecified atom stereocenters. The van der Waals surface area contributed by atoms with Gasteiger partial charge in [-0.05, 0) is 43.7 Å². The van der Waals surface area contributed by atoms with Crippen molar-refractivity contribution in [3.63, 3.8) is 0 Å². The van der Waals surface area contributed by atoms with Crippen molar-refractivity contribution >= 4 is 17.6 Å².